The monoisotopic (exact) mass is 275 g/mol. The van der Waals surface area contributed by atoms with Crippen molar-refractivity contribution in [3.05, 3.63) is 59.7 Å². The van der Waals surface area contributed by atoms with E-state index in [9.17, 15) is 0 Å². The number of ether oxygens (including phenoxy) is 1. The van der Waals surface area contributed by atoms with E-state index in [1.54, 1.807) is 0 Å². The Morgan fingerprint density at radius 2 is 1.81 bits per heavy atom. The largest absolute Gasteiger partial charge is 0.456 e. The summed E-state index contributed by atoms with van der Waals surface area (Å²) in [5.74, 6) is 4.45. The fraction of sp³-hybridized carbons (Fsp3) is 0.158. The summed E-state index contributed by atoms with van der Waals surface area (Å²) in [6.07, 6.45) is 7.60. The van der Waals surface area contributed by atoms with Gasteiger partial charge in [0.1, 0.15) is 11.5 Å². The minimum atomic E-state index is 0.0393. The van der Waals surface area contributed by atoms with Crippen LogP contribution in [0.1, 0.15) is 18.1 Å². The van der Waals surface area contributed by atoms with Gasteiger partial charge in [0.15, 0.2) is 0 Å². The van der Waals surface area contributed by atoms with Gasteiger partial charge in [-0.25, -0.2) is 0 Å². The van der Waals surface area contributed by atoms with Crippen LogP contribution in [0.25, 0.3) is 11.6 Å². The molecule has 3 rings (SSSR count). The van der Waals surface area contributed by atoms with Crippen molar-refractivity contribution in [2.75, 3.05) is 6.54 Å². The predicted octanol–water partition coefficient (Wildman–Crippen LogP) is 3.94. The molecule has 1 aliphatic heterocycles. The van der Waals surface area contributed by atoms with Crippen molar-refractivity contribution >= 4 is 11.6 Å². The fourth-order valence-corrected chi connectivity index (χ4v) is 2.37. The van der Waals surface area contributed by atoms with E-state index in [2.05, 4.69) is 29.4 Å². The standard InChI is InChI=1S/C19H17NO/c1-3-14(2)20-13-16-12-15-8-4-6-10-18(15)21-19-11-7-5-9-17(16)19/h1,4-12,14,20H,13H2,2H3. The summed E-state index contributed by atoms with van der Waals surface area (Å²) in [5, 5.41) is 3.34. The zero-order chi connectivity index (χ0) is 14.7. The van der Waals surface area contributed by atoms with Gasteiger partial charge in [-0.3, -0.25) is 5.32 Å². The highest BCUT2D eigenvalue weighted by Crippen LogP contribution is 2.37. The van der Waals surface area contributed by atoms with Crippen molar-refractivity contribution in [3.8, 4) is 23.8 Å². The van der Waals surface area contributed by atoms with Crippen molar-refractivity contribution in [3.63, 3.8) is 0 Å². The molecule has 0 aliphatic carbocycles. The first-order valence-corrected chi connectivity index (χ1v) is 7.04. The molecule has 0 fully saturated rings. The number of nitrogens with one attached hydrogen (secondary N) is 1. The fourth-order valence-electron chi connectivity index (χ4n) is 2.37. The van der Waals surface area contributed by atoms with Crippen molar-refractivity contribution in [1.82, 2.24) is 5.32 Å². The van der Waals surface area contributed by atoms with Crippen LogP contribution in [-0.2, 0) is 0 Å². The van der Waals surface area contributed by atoms with Crippen LogP contribution in [-0.4, -0.2) is 12.6 Å². The lowest BCUT2D eigenvalue weighted by atomic mass is 10.0. The second-order valence-corrected chi connectivity index (χ2v) is 5.07. The second-order valence-electron chi connectivity index (χ2n) is 5.07. The number of terminal acetylenes is 1. The molecular formula is C19H17NO. The average molecular weight is 275 g/mol. The molecule has 0 aromatic heterocycles. The van der Waals surface area contributed by atoms with E-state index >= 15 is 0 Å². The average Bonchev–Trinajstić information content (AvgIpc) is 2.68. The van der Waals surface area contributed by atoms with Gasteiger partial charge in [-0.2, -0.15) is 0 Å². The molecule has 0 saturated carbocycles. The molecule has 0 saturated heterocycles. The van der Waals surface area contributed by atoms with Gasteiger partial charge >= 0.3 is 0 Å². The number of fused-ring (bicyclic) bond motifs is 2. The first-order chi connectivity index (χ1) is 10.3. The minimum absolute atomic E-state index is 0.0393. The molecule has 104 valence electrons. The molecule has 0 radical (unpaired) electrons. The predicted molar refractivity (Wildman–Crippen MR) is 87.1 cm³/mol. The van der Waals surface area contributed by atoms with E-state index < -0.39 is 0 Å². The maximum Gasteiger partial charge on any atom is 0.135 e. The van der Waals surface area contributed by atoms with Gasteiger partial charge in [0, 0.05) is 17.7 Å². The first kappa shape index (κ1) is 13.5. The topological polar surface area (TPSA) is 21.3 Å². The molecule has 0 bridgehead atoms. The summed E-state index contributed by atoms with van der Waals surface area (Å²) >= 11 is 0. The van der Waals surface area contributed by atoms with Crippen LogP contribution >= 0.6 is 0 Å². The second kappa shape index (κ2) is 5.87. The van der Waals surface area contributed by atoms with Gasteiger partial charge in [-0.1, -0.05) is 42.3 Å². The van der Waals surface area contributed by atoms with E-state index in [0.29, 0.717) is 6.54 Å². The van der Waals surface area contributed by atoms with Crippen LogP contribution in [0.2, 0.25) is 0 Å². The number of benzene rings is 2. The summed E-state index contributed by atoms with van der Waals surface area (Å²) in [5.41, 5.74) is 3.36. The van der Waals surface area contributed by atoms with Crippen LogP contribution in [0, 0.1) is 12.3 Å². The maximum atomic E-state index is 6.05. The van der Waals surface area contributed by atoms with E-state index in [-0.39, 0.29) is 6.04 Å². The van der Waals surface area contributed by atoms with Crippen molar-refractivity contribution in [1.29, 1.82) is 0 Å². The third-order valence-corrected chi connectivity index (χ3v) is 3.55. The smallest absolute Gasteiger partial charge is 0.135 e. The summed E-state index contributed by atoms with van der Waals surface area (Å²) in [7, 11) is 0. The van der Waals surface area contributed by atoms with Crippen LogP contribution in [0.5, 0.6) is 11.5 Å². The Balaban J connectivity index is 2.03. The van der Waals surface area contributed by atoms with Gasteiger partial charge < -0.3 is 4.74 Å². The Morgan fingerprint density at radius 1 is 1.10 bits per heavy atom. The third-order valence-electron chi connectivity index (χ3n) is 3.55. The Hall–Kier alpha value is -2.50. The van der Waals surface area contributed by atoms with E-state index in [0.717, 1.165) is 22.6 Å². The number of para-hydroxylation sites is 2. The normalized spacial score (nSPS) is 13.8. The molecule has 1 N–H and O–H groups in total. The molecule has 2 aromatic carbocycles. The lowest BCUT2D eigenvalue weighted by Gasteiger charge is -2.13. The molecule has 1 unspecified atom stereocenters. The molecule has 1 heterocycles. The van der Waals surface area contributed by atoms with Gasteiger partial charge in [0.05, 0.1) is 6.04 Å². The minimum Gasteiger partial charge on any atom is -0.456 e. The van der Waals surface area contributed by atoms with Crippen LogP contribution in [0.15, 0.2) is 48.5 Å². The van der Waals surface area contributed by atoms with Crippen LogP contribution < -0.4 is 10.1 Å². The number of rotatable bonds is 3. The highest BCUT2D eigenvalue weighted by atomic mass is 16.5. The summed E-state index contributed by atoms with van der Waals surface area (Å²) in [6.45, 7) is 2.69. The van der Waals surface area contributed by atoms with E-state index in [1.807, 2.05) is 43.3 Å². The quantitative estimate of drug-likeness (QED) is 0.857. The van der Waals surface area contributed by atoms with Gasteiger partial charge in [0.25, 0.3) is 0 Å². The van der Waals surface area contributed by atoms with Crippen LogP contribution in [0.3, 0.4) is 0 Å². The molecular weight excluding hydrogens is 258 g/mol. The Morgan fingerprint density at radius 3 is 2.62 bits per heavy atom. The van der Waals surface area contributed by atoms with Crippen molar-refractivity contribution in [2.45, 2.75) is 13.0 Å². The molecule has 1 atom stereocenters. The molecule has 2 aromatic rings. The maximum absolute atomic E-state index is 6.05. The summed E-state index contributed by atoms with van der Waals surface area (Å²) in [6, 6.07) is 16.2. The van der Waals surface area contributed by atoms with Crippen LogP contribution in [0.4, 0.5) is 0 Å². The molecule has 2 nitrogen and oxygen atoms in total. The van der Waals surface area contributed by atoms with E-state index in [4.69, 9.17) is 11.2 Å². The summed E-state index contributed by atoms with van der Waals surface area (Å²) < 4.78 is 6.05. The van der Waals surface area contributed by atoms with Crippen molar-refractivity contribution in [2.24, 2.45) is 0 Å². The first-order valence-electron chi connectivity index (χ1n) is 7.04. The van der Waals surface area contributed by atoms with Crippen molar-refractivity contribution < 1.29 is 4.74 Å². The van der Waals surface area contributed by atoms with E-state index in [1.165, 1.54) is 5.57 Å². The highest BCUT2D eigenvalue weighted by molar-refractivity contribution is 5.88. The lowest BCUT2D eigenvalue weighted by molar-refractivity contribution is 0.481. The summed E-state index contributed by atoms with van der Waals surface area (Å²) in [4.78, 5) is 0. The lowest BCUT2D eigenvalue weighted by Crippen LogP contribution is -2.25. The Labute approximate surface area is 125 Å². The van der Waals surface area contributed by atoms with Gasteiger partial charge in [-0.15, -0.1) is 6.42 Å². The molecule has 21 heavy (non-hydrogen) atoms. The number of hydrogen-bond donors (Lipinski definition) is 1. The van der Waals surface area contributed by atoms with Gasteiger partial charge in [-0.05, 0) is 30.7 Å². The SMILES string of the molecule is C#CC(C)NCC1=Cc2ccccc2Oc2ccccc21. The Bertz CT molecular complexity index is 724. The molecule has 0 spiro atoms. The molecule has 0 amide bonds. The molecule has 1 aliphatic rings. The highest BCUT2D eigenvalue weighted by Gasteiger charge is 2.15. The molecule has 2 heteroatoms. The number of hydrogen-bond acceptors (Lipinski definition) is 2. The van der Waals surface area contributed by atoms with Gasteiger partial charge in [0.2, 0.25) is 0 Å². The zero-order valence-corrected chi connectivity index (χ0v) is 12.0. The third kappa shape index (κ3) is 2.84. The Kier molecular flexibility index (Phi) is 3.77. The zero-order valence-electron chi connectivity index (χ0n) is 12.0.